The maximum Gasteiger partial charge on any atom is 0.407 e. The number of ether oxygens (including phenoxy) is 6. The van der Waals surface area contributed by atoms with Gasteiger partial charge in [-0.05, 0) is 45.1 Å². The molecule has 3 aliphatic rings. The predicted molar refractivity (Wildman–Crippen MR) is 196 cm³/mol. The molecule has 18 heteroatoms. The summed E-state index contributed by atoms with van der Waals surface area (Å²) in [5, 5.41) is 18.1. The molecule has 0 bridgehead atoms. The second kappa shape index (κ2) is 25.0. The molecule has 18 nitrogen and oxygen atoms in total. The number of hydrogen-bond acceptors (Lipinski definition) is 13. The zero-order valence-corrected chi connectivity index (χ0v) is 31.7. The van der Waals surface area contributed by atoms with Crippen LogP contribution in [0.3, 0.4) is 0 Å². The SMILES string of the molecule is O=C(NCCCCCCn1c(=O)n(CCCCCCCCCNC(O)OCC2CO2)c(=O)n(CCCCCCNC(=O)OCC2CO2)c1=O)OCC1CO1. The van der Waals surface area contributed by atoms with Gasteiger partial charge in [0.1, 0.15) is 31.5 Å². The first kappa shape index (κ1) is 43.4. The minimum Gasteiger partial charge on any atom is -0.447 e. The number of rotatable bonds is 32. The van der Waals surface area contributed by atoms with E-state index in [1.807, 2.05) is 0 Å². The van der Waals surface area contributed by atoms with E-state index in [-0.39, 0.29) is 51.2 Å². The van der Waals surface area contributed by atoms with Crippen molar-refractivity contribution in [1.82, 2.24) is 29.7 Å². The Labute approximate surface area is 316 Å². The summed E-state index contributed by atoms with van der Waals surface area (Å²) < 4.78 is 34.0. The van der Waals surface area contributed by atoms with Crippen molar-refractivity contribution < 1.29 is 43.1 Å². The van der Waals surface area contributed by atoms with Gasteiger partial charge in [0.25, 0.3) is 0 Å². The molecule has 0 aromatic carbocycles. The summed E-state index contributed by atoms with van der Waals surface area (Å²) >= 11 is 0. The molecule has 1 aromatic rings. The molecule has 308 valence electrons. The van der Waals surface area contributed by atoms with Crippen molar-refractivity contribution in [2.45, 2.75) is 141 Å². The van der Waals surface area contributed by atoms with Crippen molar-refractivity contribution in [3.8, 4) is 0 Å². The fourth-order valence-corrected chi connectivity index (χ4v) is 5.83. The van der Waals surface area contributed by atoms with Crippen LogP contribution in [0, 0.1) is 0 Å². The molecule has 2 amide bonds. The van der Waals surface area contributed by atoms with Crippen LogP contribution in [-0.2, 0) is 48.1 Å². The second-order valence-corrected chi connectivity index (χ2v) is 14.2. The summed E-state index contributed by atoms with van der Waals surface area (Å²) in [6, 6.07) is 0. The number of aliphatic hydroxyl groups is 1. The van der Waals surface area contributed by atoms with Crippen LogP contribution in [0.2, 0.25) is 0 Å². The lowest BCUT2D eigenvalue weighted by Gasteiger charge is -2.14. The summed E-state index contributed by atoms with van der Waals surface area (Å²) in [5.74, 6) is 0. The van der Waals surface area contributed by atoms with Crippen LogP contribution >= 0.6 is 0 Å². The maximum atomic E-state index is 13.5. The molecule has 4 heterocycles. The van der Waals surface area contributed by atoms with E-state index in [0.29, 0.717) is 65.3 Å². The Balaban J connectivity index is 1.16. The Bertz CT molecular complexity index is 1340. The maximum absolute atomic E-state index is 13.5. The van der Waals surface area contributed by atoms with E-state index in [1.54, 1.807) is 0 Å². The summed E-state index contributed by atoms with van der Waals surface area (Å²) in [5.41, 5.74) is -1.72. The van der Waals surface area contributed by atoms with Crippen LogP contribution in [0.4, 0.5) is 9.59 Å². The number of nitrogens with zero attached hydrogens (tertiary/aromatic N) is 3. The number of carbonyl (C=O) groups is 2. The van der Waals surface area contributed by atoms with Crippen LogP contribution in [0.25, 0.3) is 0 Å². The van der Waals surface area contributed by atoms with Gasteiger partial charge in [0.2, 0.25) is 6.41 Å². The van der Waals surface area contributed by atoms with E-state index in [9.17, 15) is 29.1 Å². The van der Waals surface area contributed by atoms with E-state index in [1.165, 1.54) is 13.7 Å². The van der Waals surface area contributed by atoms with Crippen LogP contribution in [0.5, 0.6) is 0 Å². The van der Waals surface area contributed by atoms with E-state index < -0.39 is 35.7 Å². The topological polar surface area (TPSA) is 222 Å². The lowest BCUT2D eigenvalue weighted by atomic mass is 10.1. The van der Waals surface area contributed by atoms with Gasteiger partial charge in [-0.3, -0.25) is 5.32 Å². The van der Waals surface area contributed by atoms with Gasteiger partial charge in [0, 0.05) is 32.7 Å². The van der Waals surface area contributed by atoms with Gasteiger partial charge in [-0.25, -0.2) is 37.7 Å². The highest BCUT2D eigenvalue weighted by Gasteiger charge is 2.25. The Kier molecular flexibility index (Phi) is 20.1. The first-order valence-electron chi connectivity index (χ1n) is 20.0. The summed E-state index contributed by atoms with van der Waals surface area (Å²) in [6.45, 7) is 5.08. The summed E-state index contributed by atoms with van der Waals surface area (Å²) in [4.78, 5) is 63.8. The molecule has 0 spiro atoms. The number of aromatic nitrogens is 3. The minimum atomic E-state index is -0.977. The van der Waals surface area contributed by atoms with Crippen LogP contribution < -0.4 is 33.0 Å². The fourth-order valence-electron chi connectivity index (χ4n) is 5.83. The highest BCUT2D eigenvalue weighted by molar-refractivity contribution is 5.67. The molecular weight excluding hydrogens is 708 g/mol. The Morgan fingerprint density at radius 2 is 0.889 bits per heavy atom. The van der Waals surface area contributed by atoms with E-state index in [0.717, 1.165) is 77.0 Å². The van der Waals surface area contributed by atoms with Gasteiger partial charge in [-0.1, -0.05) is 57.8 Å². The fraction of sp³-hybridized carbons (Fsp3) is 0.861. The number of alkyl carbamates (subject to hydrolysis) is 2. The Morgan fingerprint density at radius 3 is 1.28 bits per heavy atom. The van der Waals surface area contributed by atoms with Gasteiger partial charge in [-0.15, -0.1) is 0 Å². The van der Waals surface area contributed by atoms with Gasteiger partial charge in [-0.2, -0.15) is 0 Å². The standard InChI is InChI=1S/C36H62N6O12/c43-31(52-25-28-22-49-28)37-16-10-4-2-1-3-7-13-19-40-34(46)41(20-14-8-5-11-17-38-32(44)53-26-29-23-50-29)36(48)42(35(40)47)21-15-9-6-12-18-39-33(45)54-27-30-24-51-30/h28-31,37,43H,1-27H2,(H,38,44)(H,39,45). The van der Waals surface area contributed by atoms with Crippen LogP contribution in [0.15, 0.2) is 14.4 Å². The van der Waals surface area contributed by atoms with Crippen LogP contribution in [0.1, 0.15) is 96.3 Å². The van der Waals surface area contributed by atoms with E-state index in [2.05, 4.69) is 16.0 Å². The lowest BCUT2D eigenvalue weighted by Crippen LogP contribution is -2.54. The zero-order valence-electron chi connectivity index (χ0n) is 31.7. The number of amides is 2. The molecule has 4 rings (SSSR count). The predicted octanol–water partition coefficient (Wildman–Crippen LogP) is 1.55. The van der Waals surface area contributed by atoms with Crippen molar-refractivity contribution in [1.29, 1.82) is 0 Å². The summed E-state index contributed by atoms with van der Waals surface area (Å²) in [7, 11) is 0. The van der Waals surface area contributed by atoms with Gasteiger partial charge >= 0.3 is 29.3 Å². The molecule has 4 unspecified atom stereocenters. The molecule has 54 heavy (non-hydrogen) atoms. The molecule has 3 aliphatic heterocycles. The van der Waals surface area contributed by atoms with Crippen LogP contribution in [-0.4, -0.2) is 115 Å². The smallest absolute Gasteiger partial charge is 0.407 e. The monoisotopic (exact) mass is 770 g/mol. The molecule has 3 saturated heterocycles. The van der Waals surface area contributed by atoms with Gasteiger partial charge in [0.05, 0.1) is 26.4 Å². The van der Waals surface area contributed by atoms with Crippen molar-refractivity contribution >= 4 is 12.2 Å². The number of hydrogen-bond donors (Lipinski definition) is 4. The van der Waals surface area contributed by atoms with Crippen molar-refractivity contribution in [3.05, 3.63) is 31.5 Å². The van der Waals surface area contributed by atoms with E-state index >= 15 is 0 Å². The number of aliphatic hydroxyl groups excluding tert-OH is 1. The first-order valence-corrected chi connectivity index (χ1v) is 20.0. The average Bonchev–Trinajstić information content (AvgIpc) is 4.00. The lowest BCUT2D eigenvalue weighted by molar-refractivity contribution is -0.123. The highest BCUT2D eigenvalue weighted by Crippen LogP contribution is 2.11. The van der Waals surface area contributed by atoms with Crippen molar-refractivity contribution in [3.63, 3.8) is 0 Å². The zero-order chi connectivity index (χ0) is 38.4. The molecule has 3 fully saturated rings. The number of unbranched alkanes of at least 4 members (excludes halogenated alkanes) is 12. The van der Waals surface area contributed by atoms with E-state index in [4.69, 9.17) is 28.4 Å². The minimum absolute atomic E-state index is 0.0161. The third-order valence-electron chi connectivity index (χ3n) is 9.37. The molecule has 0 radical (unpaired) electrons. The number of epoxide rings is 3. The Morgan fingerprint density at radius 1 is 0.556 bits per heavy atom. The van der Waals surface area contributed by atoms with Gasteiger partial charge < -0.3 is 44.2 Å². The molecular formula is C36H62N6O12. The average molecular weight is 771 g/mol. The molecule has 4 atom stereocenters. The quantitative estimate of drug-likeness (QED) is 0.0465. The van der Waals surface area contributed by atoms with Crippen molar-refractivity contribution in [2.24, 2.45) is 0 Å². The number of carbonyl (C=O) groups excluding carboxylic acids is 2. The van der Waals surface area contributed by atoms with Gasteiger partial charge in [0.15, 0.2) is 0 Å². The molecule has 4 N–H and O–H groups in total. The Hall–Kier alpha value is -3.29. The first-order chi connectivity index (χ1) is 26.3. The number of nitrogens with one attached hydrogen (secondary N) is 3. The second-order valence-electron chi connectivity index (χ2n) is 14.2. The molecule has 0 saturated carbocycles. The molecule has 1 aromatic heterocycles. The molecule has 0 aliphatic carbocycles. The summed E-state index contributed by atoms with van der Waals surface area (Å²) in [6.07, 6.45) is 10.4. The highest BCUT2D eigenvalue weighted by atomic mass is 16.7. The van der Waals surface area contributed by atoms with Crippen molar-refractivity contribution in [2.75, 3.05) is 59.3 Å². The third-order valence-corrected chi connectivity index (χ3v) is 9.37. The normalized spacial score (nSPS) is 18.9. The third kappa shape index (κ3) is 18.4. The largest absolute Gasteiger partial charge is 0.447 e.